The van der Waals surface area contributed by atoms with Crippen LogP contribution in [0.15, 0.2) is 42.6 Å². The zero-order chi connectivity index (χ0) is 37.0. The molecule has 4 rings (SSSR count). The maximum atomic E-state index is 13.5. The number of hydrogen-bond acceptors (Lipinski definition) is 14. The number of ether oxygens (including phenoxy) is 4. The van der Waals surface area contributed by atoms with Crippen LogP contribution in [0.3, 0.4) is 0 Å². The molecular weight excluding hydrogens is 695 g/mol. The highest BCUT2D eigenvalue weighted by Gasteiger charge is 2.45. The number of aliphatic hydroxyl groups is 2. The van der Waals surface area contributed by atoms with E-state index in [0.717, 1.165) is 5.56 Å². The summed E-state index contributed by atoms with van der Waals surface area (Å²) in [7, 11) is -2.30. The molecule has 1 saturated heterocycles. The van der Waals surface area contributed by atoms with E-state index in [2.05, 4.69) is 9.97 Å². The highest BCUT2D eigenvalue weighted by molar-refractivity contribution is 7.53. The van der Waals surface area contributed by atoms with Gasteiger partial charge >= 0.3 is 19.5 Å². The largest absolute Gasteiger partial charge is 0.438 e. The van der Waals surface area contributed by atoms with Crippen molar-refractivity contribution in [2.24, 2.45) is 10.8 Å². The first-order valence-electron chi connectivity index (χ1n) is 16.0. The molecule has 276 valence electrons. The molecule has 1 aromatic carbocycles. The summed E-state index contributed by atoms with van der Waals surface area (Å²) < 4.78 is 47.3. The summed E-state index contributed by atoms with van der Waals surface area (Å²) in [6.07, 6.45) is -4.06. The van der Waals surface area contributed by atoms with Crippen molar-refractivity contribution in [3.8, 4) is 0 Å². The first-order chi connectivity index (χ1) is 23.3. The van der Waals surface area contributed by atoms with Gasteiger partial charge in [-0.25, -0.2) is 0 Å². The normalized spacial score (nSPS) is 20.5. The van der Waals surface area contributed by atoms with Crippen molar-refractivity contribution >= 4 is 48.0 Å². The molecule has 1 fully saturated rings. The number of carbonyl (C=O) groups is 2. The molecule has 0 spiro atoms. The molecule has 2 aromatic heterocycles. The Morgan fingerprint density at radius 1 is 0.980 bits per heavy atom. The highest BCUT2D eigenvalue weighted by atomic mass is 35.5. The fourth-order valence-corrected chi connectivity index (χ4v) is 5.99. The number of nitrogens with zero attached hydrogens (tertiary/aromatic N) is 4. The van der Waals surface area contributed by atoms with Crippen molar-refractivity contribution in [3.05, 3.63) is 53.4 Å². The maximum absolute atomic E-state index is 13.5. The van der Waals surface area contributed by atoms with Crippen LogP contribution < -0.4 is 4.90 Å². The molecule has 50 heavy (non-hydrogen) atoms. The fourth-order valence-electron chi connectivity index (χ4n) is 4.85. The van der Waals surface area contributed by atoms with Crippen LogP contribution in [-0.4, -0.2) is 88.6 Å². The predicted molar refractivity (Wildman–Crippen MR) is 183 cm³/mol. The number of benzene rings is 1. The minimum absolute atomic E-state index is 0.0235. The number of aliphatic hydroxyl groups excluding tert-OH is 2. The van der Waals surface area contributed by atoms with Crippen molar-refractivity contribution < 1.29 is 52.4 Å². The van der Waals surface area contributed by atoms with Gasteiger partial charge in [-0.3, -0.25) is 23.2 Å². The van der Waals surface area contributed by atoms with Gasteiger partial charge in [-0.15, -0.1) is 0 Å². The molecule has 1 aliphatic heterocycles. The van der Waals surface area contributed by atoms with E-state index in [1.165, 1.54) is 0 Å². The minimum Gasteiger partial charge on any atom is -0.438 e. The van der Waals surface area contributed by atoms with Gasteiger partial charge in [-0.1, -0.05) is 30.3 Å². The molecule has 0 bridgehead atoms. The molecule has 0 radical (unpaired) electrons. The van der Waals surface area contributed by atoms with Gasteiger partial charge in [0.2, 0.25) is 18.9 Å². The molecule has 0 aliphatic carbocycles. The van der Waals surface area contributed by atoms with Gasteiger partial charge in [0.05, 0.1) is 28.9 Å². The van der Waals surface area contributed by atoms with E-state index in [1.54, 1.807) is 58.4 Å². The lowest BCUT2D eigenvalue weighted by atomic mass is 9.98. The number of esters is 2. The standard InChI is InChI=1S/C33H46ClN4O11P/c1-20(21-12-10-9-11-13-21)37(8)26-22-14-15-38(27(22)36-31(34)35-26)28-25(40)24(39)23(49-28)16-44-19-50(43,47-17-45-29(41)32(2,3)4)48-18-46-30(42)33(5,6)7/h9-15,20,23-25,28,39-40H,16-19H2,1-8H3/t20-,23?,24-,25-,28-/m1/s1. The molecule has 0 amide bonds. The van der Waals surface area contributed by atoms with Crippen LogP contribution in [-0.2, 0) is 42.1 Å². The van der Waals surface area contributed by atoms with Gasteiger partial charge in [0.15, 0.2) is 6.23 Å². The molecule has 15 nitrogen and oxygen atoms in total. The maximum Gasteiger partial charge on any atom is 0.361 e. The van der Waals surface area contributed by atoms with Crippen LogP contribution in [0.2, 0.25) is 5.28 Å². The summed E-state index contributed by atoms with van der Waals surface area (Å²) in [5.74, 6) is -0.666. The number of hydrogen-bond donors (Lipinski definition) is 2. The van der Waals surface area contributed by atoms with Gasteiger partial charge in [0.1, 0.15) is 36.1 Å². The Balaban J connectivity index is 1.45. The first kappa shape index (κ1) is 39.6. The number of rotatable bonds is 14. The second-order valence-corrected chi connectivity index (χ2v) is 16.3. The molecule has 1 unspecified atom stereocenters. The summed E-state index contributed by atoms with van der Waals surface area (Å²) in [4.78, 5) is 35.2. The van der Waals surface area contributed by atoms with Crippen molar-refractivity contribution in [2.45, 2.75) is 79.0 Å². The Bertz CT molecular complexity index is 1640. The van der Waals surface area contributed by atoms with E-state index in [-0.39, 0.29) is 17.9 Å². The minimum atomic E-state index is -4.19. The highest BCUT2D eigenvalue weighted by Crippen LogP contribution is 2.48. The summed E-state index contributed by atoms with van der Waals surface area (Å²) >= 11 is 6.37. The molecule has 1 aliphatic rings. The van der Waals surface area contributed by atoms with E-state index in [9.17, 15) is 24.4 Å². The molecule has 0 saturated carbocycles. The van der Waals surface area contributed by atoms with Crippen LogP contribution >= 0.6 is 19.2 Å². The SMILES string of the molecule is C[C@H](c1ccccc1)N(C)c1nc(Cl)nc2c1ccn2[C@@H]1OC(COCP(=O)(OCOC(=O)C(C)(C)C)OCOC(=O)C(C)(C)C)[C@@H](O)[C@H]1O. The second-order valence-electron chi connectivity index (χ2n) is 14.0. The number of halogens is 1. The van der Waals surface area contributed by atoms with Gasteiger partial charge < -0.3 is 38.6 Å². The van der Waals surface area contributed by atoms with Gasteiger partial charge in [-0.05, 0) is 71.7 Å². The Hall–Kier alpha value is -3.14. The van der Waals surface area contributed by atoms with E-state index in [1.807, 2.05) is 49.2 Å². The third-order valence-electron chi connectivity index (χ3n) is 7.97. The Morgan fingerprint density at radius 3 is 2.12 bits per heavy atom. The van der Waals surface area contributed by atoms with E-state index >= 15 is 0 Å². The molecular formula is C33H46ClN4O11P. The van der Waals surface area contributed by atoms with Crippen LogP contribution in [0, 0.1) is 10.8 Å². The van der Waals surface area contributed by atoms with Gasteiger partial charge in [0.25, 0.3) is 0 Å². The fraction of sp³-hybridized carbons (Fsp3) is 0.576. The molecule has 2 N–H and O–H groups in total. The Labute approximate surface area is 296 Å². The van der Waals surface area contributed by atoms with Gasteiger partial charge in [-0.2, -0.15) is 9.97 Å². The quantitative estimate of drug-likeness (QED) is 0.0953. The number of carbonyl (C=O) groups excluding carboxylic acids is 2. The zero-order valence-electron chi connectivity index (χ0n) is 29.4. The van der Waals surface area contributed by atoms with Crippen molar-refractivity contribution in [1.82, 2.24) is 14.5 Å². The van der Waals surface area contributed by atoms with Gasteiger partial charge in [0, 0.05) is 13.2 Å². The van der Waals surface area contributed by atoms with Crippen molar-refractivity contribution in [2.75, 3.05) is 38.5 Å². The van der Waals surface area contributed by atoms with E-state index < -0.39 is 74.8 Å². The van der Waals surface area contributed by atoms with Crippen LogP contribution in [0.5, 0.6) is 0 Å². The third kappa shape index (κ3) is 9.59. The summed E-state index contributed by atoms with van der Waals surface area (Å²) in [5, 5.41) is 22.5. The van der Waals surface area contributed by atoms with Crippen molar-refractivity contribution in [1.29, 1.82) is 0 Å². The molecule has 17 heteroatoms. The number of aromatic nitrogens is 3. The first-order valence-corrected chi connectivity index (χ1v) is 18.1. The zero-order valence-corrected chi connectivity index (χ0v) is 31.1. The lowest BCUT2D eigenvalue weighted by Crippen LogP contribution is -2.34. The molecule has 3 heterocycles. The lowest BCUT2D eigenvalue weighted by Gasteiger charge is -2.27. The van der Waals surface area contributed by atoms with Crippen LogP contribution in [0.1, 0.15) is 66.3 Å². The molecule has 5 atom stereocenters. The van der Waals surface area contributed by atoms with E-state index in [0.29, 0.717) is 16.9 Å². The monoisotopic (exact) mass is 740 g/mol. The Kier molecular flexibility index (Phi) is 12.7. The smallest absolute Gasteiger partial charge is 0.361 e. The third-order valence-corrected chi connectivity index (χ3v) is 9.63. The Morgan fingerprint density at radius 2 is 1.56 bits per heavy atom. The number of anilines is 1. The molecule has 3 aromatic rings. The summed E-state index contributed by atoms with van der Waals surface area (Å²) in [6.45, 7) is 10.0. The summed E-state index contributed by atoms with van der Waals surface area (Å²) in [6, 6.07) is 11.6. The van der Waals surface area contributed by atoms with E-state index in [4.69, 9.17) is 39.6 Å². The second kappa shape index (κ2) is 16.0. The summed E-state index contributed by atoms with van der Waals surface area (Å²) in [5.41, 5.74) is -0.262. The average Bonchev–Trinajstić information content (AvgIpc) is 3.59. The van der Waals surface area contributed by atoms with Crippen LogP contribution in [0.25, 0.3) is 11.0 Å². The lowest BCUT2D eigenvalue weighted by molar-refractivity contribution is -0.162. The van der Waals surface area contributed by atoms with Crippen molar-refractivity contribution in [3.63, 3.8) is 0 Å². The average molecular weight is 741 g/mol. The predicted octanol–water partition coefficient (Wildman–Crippen LogP) is 5.20. The van der Waals surface area contributed by atoms with Crippen LogP contribution in [0.4, 0.5) is 5.82 Å². The number of fused-ring (bicyclic) bond motifs is 1. The topological polar surface area (TPSA) is 181 Å².